The van der Waals surface area contributed by atoms with Crippen LogP contribution in [-0.2, 0) is 30.7 Å². The molecular weight excluding hydrogens is 418 g/mol. The number of nitrogens with zero attached hydrogens (tertiary/aromatic N) is 3. The lowest BCUT2D eigenvalue weighted by Crippen LogP contribution is -2.33. The first-order valence-corrected chi connectivity index (χ1v) is 10.7. The van der Waals surface area contributed by atoms with Crippen molar-refractivity contribution in [3.63, 3.8) is 0 Å². The first kappa shape index (κ1) is 23.4. The number of carbonyl (C=O) groups excluding carboxylic acids is 2. The molecule has 0 saturated carbocycles. The summed E-state index contributed by atoms with van der Waals surface area (Å²) in [7, 11) is 0. The number of benzene rings is 2. The Morgan fingerprint density at radius 2 is 1.73 bits per heavy atom. The van der Waals surface area contributed by atoms with Crippen molar-refractivity contribution in [2.24, 2.45) is 0 Å². The standard InChI is InChI=1S/C25H25N5O3/c1-3-18-20(14-26)25(33)30(29-21(18)4-2)16-23(31)28-22-13-9-8-12-19(22)24(32)27-15-17-10-6-5-7-11-17/h5-13H,3-4,15-16H2,1-2H3,(H,27,32)(H,28,31). The maximum atomic E-state index is 12.7. The molecule has 8 nitrogen and oxygen atoms in total. The van der Waals surface area contributed by atoms with Crippen molar-refractivity contribution in [3.05, 3.63) is 92.9 Å². The molecule has 3 rings (SSSR count). The second-order valence-corrected chi connectivity index (χ2v) is 7.34. The molecule has 1 aromatic heterocycles. The lowest BCUT2D eigenvalue weighted by Gasteiger charge is -2.14. The Morgan fingerprint density at radius 3 is 2.39 bits per heavy atom. The minimum atomic E-state index is -0.601. The molecule has 33 heavy (non-hydrogen) atoms. The fraction of sp³-hybridized carbons (Fsp3) is 0.240. The van der Waals surface area contributed by atoms with Gasteiger partial charge in [0.2, 0.25) is 5.91 Å². The zero-order chi connectivity index (χ0) is 23.8. The third-order valence-electron chi connectivity index (χ3n) is 5.18. The quantitative estimate of drug-likeness (QED) is 0.555. The Kier molecular flexibility index (Phi) is 7.71. The first-order valence-electron chi connectivity index (χ1n) is 10.7. The van der Waals surface area contributed by atoms with Crippen molar-refractivity contribution in [1.82, 2.24) is 15.1 Å². The summed E-state index contributed by atoms with van der Waals surface area (Å²) in [4.78, 5) is 38.1. The molecule has 2 amide bonds. The van der Waals surface area contributed by atoms with Gasteiger partial charge in [0.1, 0.15) is 18.2 Å². The van der Waals surface area contributed by atoms with Crippen LogP contribution in [0.1, 0.15) is 46.6 Å². The number of para-hydroxylation sites is 1. The molecule has 0 aliphatic rings. The van der Waals surface area contributed by atoms with Crippen LogP contribution in [0.5, 0.6) is 0 Å². The van der Waals surface area contributed by atoms with Crippen molar-refractivity contribution in [3.8, 4) is 6.07 Å². The van der Waals surface area contributed by atoms with Crippen molar-refractivity contribution in [2.75, 3.05) is 5.32 Å². The summed E-state index contributed by atoms with van der Waals surface area (Å²) in [5, 5.41) is 19.2. The number of aromatic nitrogens is 2. The fourth-order valence-corrected chi connectivity index (χ4v) is 3.53. The Morgan fingerprint density at radius 1 is 1.03 bits per heavy atom. The van der Waals surface area contributed by atoms with E-state index in [4.69, 9.17) is 0 Å². The highest BCUT2D eigenvalue weighted by atomic mass is 16.2. The smallest absolute Gasteiger partial charge is 0.285 e. The van der Waals surface area contributed by atoms with Crippen molar-refractivity contribution in [1.29, 1.82) is 5.26 Å². The molecule has 0 unspecified atom stereocenters. The molecule has 3 aromatic rings. The van der Waals surface area contributed by atoms with Crippen LogP contribution in [-0.4, -0.2) is 21.6 Å². The largest absolute Gasteiger partial charge is 0.348 e. The lowest BCUT2D eigenvalue weighted by molar-refractivity contribution is -0.117. The Balaban J connectivity index is 1.77. The van der Waals surface area contributed by atoms with Gasteiger partial charge in [-0.15, -0.1) is 0 Å². The normalized spacial score (nSPS) is 10.3. The minimum Gasteiger partial charge on any atom is -0.348 e. The van der Waals surface area contributed by atoms with E-state index in [1.54, 1.807) is 24.3 Å². The number of hydrogen-bond donors (Lipinski definition) is 2. The van der Waals surface area contributed by atoms with Gasteiger partial charge < -0.3 is 10.6 Å². The van der Waals surface area contributed by atoms with Gasteiger partial charge in [0.25, 0.3) is 11.5 Å². The molecule has 0 spiro atoms. The van der Waals surface area contributed by atoms with E-state index in [0.29, 0.717) is 41.9 Å². The van der Waals surface area contributed by atoms with E-state index in [0.717, 1.165) is 10.2 Å². The van der Waals surface area contributed by atoms with Crippen LogP contribution < -0.4 is 16.2 Å². The summed E-state index contributed by atoms with van der Waals surface area (Å²) in [5.41, 5.74) is 2.21. The molecular formula is C25H25N5O3. The van der Waals surface area contributed by atoms with Gasteiger partial charge in [-0.3, -0.25) is 14.4 Å². The molecule has 0 atom stereocenters. The highest BCUT2D eigenvalue weighted by Gasteiger charge is 2.18. The van der Waals surface area contributed by atoms with Gasteiger partial charge in [0.15, 0.2) is 0 Å². The van der Waals surface area contributed by atoms with E-state index in [2.05, 4.69) is 15.7 Å². The van der Waals surface area contributed by atoms with Crippen LogP contribution in [0, 0.1) is 11.3 Å². The summed E-state index contributed by atoms with van der Waals surface area (Å²) < 4.78 is 1.00. The van der Waals surface area contributed by atoms with Crippen LogP contribution >= 0.6 is 0 Å². The summed E-state index contributed by atoms with van der Waals surface area (Å²) in [5.74, 6) is -0.861. The molecule has 0 aliphatic carbocycles. The Labute approximate surface area is 191 Å². The van der Waals surface area contributed by atoms with Gasteiger partial charge in [-0.05, 0) is 36.1 Å². The zero-order valence-corrected chi connectivity index (χ0v) is 18.6. The van der Waals surface area contributed by atoms with Crippen LogP contribution in [0.4, 0.5) is 5.69 Å². The molecule has 0 aliphatic heterocycles. The average Bonchev–Trinajstić information content (AvgIpc) is 2.84. The maximum Gasteiger partial charge on any atom is 0.285 e. The van der Waals surface area contributed by atoms with Crippen LogP contribution in [0.3, 0.4) is 0 Å². The molecule has 2 N–H and O–H groups in total. The molecule has 2 aromatic carbocycles. The number of nitrogens with one attached hydrogen (secondary N) is 2. The van der Waals surface area contributed by atoms with Gasteiger partial charge in [-0.25, -0.2) is 4.68 Å². The number of aryl methyl sites for hydroxylation is 1. The van der Waals surface area contributed by atoms with Crippen LogP contribution in [0.25, 0.3) is 0 Å². The van der Waals surface area contributed by atoms with E-state index >= 15 is 0 Å². The molecule has 8 heteroatoms. The first-order chi connectivity index (χ1) is 16.0. The number of anilines is 1. The van der Waals surface area contributed by atoms with E-state index < -0.39 is 11.5 Å². The molecule has 0 radical (unpaired) electrons. The number of rotatable bonds is 8. The monoisotopic (exact) mass is 443 g/mol. The van der Waals surface area contributed by atoms with Crippen LogP contribution in [0.15, 0.2) is 59.4 Å². The van der Waals surface area contributed by atoms with Gasteiger partial charge in [-0.1, -0.05) is 56.3 Å². The minimum absolute atomic E-state index is 0.0119. The predicted octanol–water partition coefficient (Wildman–Crippen LogP) is 2.81. The average molecular weight is 444 g/mol. The SMILES string of the molecule is CCc1nn(CC(=O)Nc2ccccc2C(=O)NCc2ccccc2)c(=O)c(C#N)c1CC. The maximum absolute atomic E-state index is 12.7. The molecule has 1 heterocycles. The number of amides is 2. The second kappa shape index (κ2) is 10.9. The predicted molar refractivity (Wildman–Crippen MR) is 125 cm³/mol. The van der Waals surface area contributed by atoms with E-state index in [1.165, 1.54) is 0 Å². The van der Waals surface area contributed by atoms with Crippen molar-refractivity contribution < 1.29 is 9.59 Å². The molecule has 168 valence electrons. The summed E-state index contributed by atoms with van der Waals surface area (Å²) in [6.45, 7) is 3.71. The highest BCUT2D eigenvalue weighted by molar-refractivity contribution is 6.03. The van der Waals surface area contributed by atoms with Crippen molar-refractivity contribution in [2.45, 2.75) is 39.8 Å². The summed E-state index contributed by atoms with van der Waals surface area (Å²) >= 11 is 0. The lowest BCUT2D eigenvalue weighted by atomic mass is 10.0. The van der Waals surface area contributed by atoms with Gasteiger partial charge in [0.05, 0.1) is 16.9 Å². The zero-order valence-electron chi connectivity index (χ0n) is 18.6. The third kappa shape index (κ3) is 5.52. The Hall–Kier alpha value is -4.25. The van der Waals surface area contributed by atoms with Gasteiger partial charge in [-0.2, -0.15) is 10.4 Å². The van der Waals surface area contributed by atoms with E-state index in [9.17, 15) is 19.6 Å². The van der Waals surface area contributed by atoms with E-state index in [-0.39, 0.29) is 18.0 Å². The van der Waals surface area contributed by atoms with Crippen molar-refractivity contribution >= 4 is 17.5 Å². The topological polar surface area (TPSA) is 117 Å². The van der Waals surface area contributed by atoms with Gasteiger partial charge >= 0.3 is 0 Å². The highest BCUT2D eigenvalue weighted by Crippen LogP contribution is 2.16. The summed E-state index contributed by atoms with van der Waals surface area (Å²) in [6.07, 6.45) is 1.04. The third-order valence-corrected chi connectivity index (χ3v) is 5.18. The molecule has 0 saturated heterocycles. The molecule has 0 bridgehead atoms. The number of nitriles is 1. The summed E-state index contributed by atoms with van der Waals surface area (Å²) in [6, 6.07) is 18.1. The van der Waals surface area contributed by atoms with E-state index in [1.807, 2.05) is 50.2 Å². The second-order valence-electron chi connectivity index (χ2n) is 7.34. The fourth-order valence-electron chi connectivity index (χ4n) is 3.53. The number of hydrogen-bond acceptors (Lipinski definition) is 5. The van der Waals surface area contributed by atoms with Gasteiger partial charge in [0, 0.05) is 6.54 Å². The number of carbonyl (C=O) groups is 2. The molecule has 0 fully saturated rings. The van der Waals surface area contributed by atoms with Crippen LogP contribution in [0.2, 0.25) is 0 Å². The Bertz CT molecular complexity index is 1260.